The van der Waals surface area contributed by atoms with Crippen molar-refractivity contribution in [2.75, 3.05) is 135 Å². The summed E-state index contributed by atoms with van der Waals surface area (Å²) in [6.07, 6.45) is 11.8. The van der Waals surface area contributed by atoms with Gasteiger partial charge in [-0.05, 0) is 213 Å². The van der Waals surface area contributed by atoms with Gasteiger partial charge in [-0.25, -0.2) is 39.9 Å². The summed E-state index contributed by atoms with van der Waals surface area (Å²) in [5, 5.41) is 16.2. The van der Waals surface area contributed by atoms with Crippen LogP contribution in [0.15, 0.2) is 97.1 Å². The Labute approximate surface area is 792 Å². The zero-order chi connectivity index (χ0) is 92.3. The molecule has 4 bridgehead atoms. The fourth-order valence-corrected chi connectivity index (χ4v) is 25.9. The van der Waals surface area contributed by atoms with Crippen molar-refractivity contribution < 1.29 is 38.1 Å². The monoisotopic (exact) mass is 1880 g/mol. The van der Waals surface area contributed by atoms with E-state index < -0.39 is 0 Å². The number of ether oxygens (including phenoxy) is 4. The maximum absolute atomic E-state index is 13.0. The zero-order valence-electron chi connectivity index (χ0n) is 75.8. The lowest BCUT2D eigenvalue weighted by Gasteiger charge is -2.48. The van der Waals surface area contributed by atoms with Crippen molar-refractivity contribution >= 4 is 156 Å². The zero-order valence-corrected chi connectivity index (χ0v) is 79.1. The molecule has 8 fully saturated rings. The highest BCUT2D eigenvalue weighted by Crippen LogP contribution is 2.44. The summed E-state index contributed by atoms with van der Waals surface area (Å²) >= 11 is 5.44. The first kappa shape index (κ1) is 89.5. The van der Waals surface area contributed by atoms with Crippen molar-refractivity contribution in [2.24, 2.45) is 46.6 Å². The number of aromatic nitrogens is 8. The van der Waals surface area contributed by atoms with Crippen molar-refractivity contribution in [1.82, 2.24) is 61.1 Å². The van der Waals surface area contributed by atoms with Crippen LogP contribution < -0.4 is 86.7 Å². The Morgan fingerprint density at radius 2 is 0.597 bits per heavy atom. The highest BCUT2D eigenvalue weighted by atomic mass is 32.1. The molecule has 134 heavy (non-hydrogen) atoms. The van der Waals surface area contributed by atoms with Crippen LogP contribution in [0.5, 0.6) is 0 Å². The van der Waals surface area contributed by atoms with E-state index in [0.29, 0.717) is 79.1 Å². The van der Waals surface area contributed by atoms with Gasteiger partial charge in [-0.1, -0.05) is 24.3 Å². The number of pyridine rings is 8. The molecule has 4 amide bonds. The van der Waals surface area contributed by atoms with E-state index in [1.54, 1.807) is 0 Å². The Morgan fingerprint density at radius 3 is 0.843 bits per heavy atom. The third-order valence-electron chi connectivity index (χ3n) is 29.1. The SMILES string of the molecule is Cc1ccc2c(N)c(C(=O)N[C@H]3CCc4nc(N5CC6(C[C@@H](N)CO6)C5)ccc4C3)sc2n1.Cc1ccc2c(N)c(C(=O)N[C@H]3CCc4nc(N5CC6(C[C@H](N)CO6)C5)ccc4C3)sc2n1.Cc1ccc2c(N)c(C(=O)N[C@H]3CCc4nc(N5C[C@H]6COC[C@@H](C5)C6N)ccc4C3)sc2n1.Cc1ccc2c(N)c(C(=O)N[C@H]3CCc4nc(N5C[C@H]6COC[C@@H](C5)C6N)ccc4C3)sc2n1. The normalized spacial score (nSPS) is 25.0. The average Bonchev–Trinajstić information content (AvgIpc) is 1.56. The van der Waals surface area contributed by atoms with Crippen LogP contribution in [0.2, 0.25) is 0 Å². The molecule has 700 valence electrons. The van der Waals surface area contributed by atoms with Crippen molar-refractivity contribution in [3.05, 3.63) is 184 Å². The van der Waals surface area contributed by atoms with E-state index in [0.717, 1.165) is 278 Å². The van der Waals surface area contributed by atoms with Crippen LogP contribution in [0.1, 0.15) is 145 Å². The third kappa shape index (κ3) is 18.0. The van der Waals surface area contributed by atoms with E-state index in [9.17, 15) is 19.2 Å². The summed E-state index contributed by atoms with van der Waals surface area (Å²) in [6, 6.07) is 33.5. The molecule has 2 spiro atoms. The summed E-state index contributed by atoms with van der Waals surface area (Å²) in [7, 11) is 0. The van der Waals surface area contributed by atoms with Gasteiger partial charge in [0, 0.05) is 165 Å². The molecule has 24 rings (SSSR count). The van der Waals surface area contributed by atoms with E-state index >= 15 is 0 Å². The Bertz CT molecular complexity index is 6150. The molecule has 12 atom stereocenters. The number of anilines is 8. The predicted molar refractivity (Wildman–Crippen MR) is 528 cm³/mol. The van der Waals surface area contributed by atoms with Crippen LogP contribution >= 0.6 is 45.3 Å². The number of nitrogens with zero attached hydrogens (tertiary/aromatic N) is 12. The molecular weight excluding hydrogens is 1770 g/mol. The number of rotatable bonds is 12. The van der Waals surface area contributed by atoms with E-state index in [-0.39, 0.29) is 83.2 Å². The van der Waals surface area contributed by atoms with Gasteiger partial charge in [0.1, 0.15) is 73.3 Å². The summed E-state index contributed by atoms with van der Waals surface area (Å²) in [5.74, 6) is 5.07. The quantitative estimate of drug-likeness (QED) is 0.0543. The van der Waals surface area contributed by atoms with Gasteiger partial charge in [0.15, 0.2) is 0 Å². The number of carbonyl (C=O) groups excluding carboxylic acids is 4. The standard InChI is InChI=1S/2C25H30N6O2S.2C24H28N6O2S/c2*1-13-2-5-18-22(27)23(34-25(18)28-13)24(32)29-17-4-6-19-14(8-17)3-7-20(30-19)31-9-15-11-33-12-16(10-31)21(15)26;2*1-13-2-5-17-20(26)21(33-23(17)27-13)22(31)28-16-4-6-18-14(8-16)3-7-19(29-18)30-11-24(12-30)9-15(25)10-32-24/h2*2-3,5,7,15-17,21H,4,6,8-12,26-27H2,1H3,(H,29,32);2*2-3,5,7,15-16H,4,6,8-12,25-26H2,1H3,(H,28,31)/t2*15-,16+,17-,21?;15-,16+;15-,16-/m0010/s1. The molecule has 12 aliphatic rings. The molecule has 12 aromatic rings. The third-order valence-corrected chi connectivity index (χ3v) is 33.6. The summed E-state index contributed by atoms with van der Waals surface area (Å²) in [5.41, 5.74) is 64.9. The molecule has 2 unspecified atom stereocenters. The molecule has 20 heterocycles. The largest absolute Gasteiger partial charge is 0.397 e. The van der Waals surface area contributed by atoms with E-state index in [1.807, 2.05) is 76.2 Å². The summed E-state index contributed by atoms with van der Waals surface area (Å²) < 4.78 is 23.3. The Balaban J connectivity index is 0.000000107. The topological polar surface area (TPSA) is 478 Å². The predicted octanol–water partition coefficient (Wildman–Crippen LogP) is 8.91. The first-order valence-electron chi connectivity index (χ1n) is 47.0. The van der Waals surface area contributed by atoms with Gasteiger partial charge in [0.05, 0.1) is 88.6 Å². The molecule has 8 saturated heterocycles. The highest BCUT2D eigenvalue weighted by molar-refractivity contribution is 7.22. The molecule has 0 aromatic carbocycles. The van der Waals surface area contributed by atoms with Crippen molar-refractivity contribution in [1.29, 1.82) is 0 Å². The summed E-state index contributed by atoms with van der Waals surface area (Å²) in [6.45, 7) is 19.0. The van der Waals surface area contributed by atoms with Gasteiger partial charge in [-0.15, -0.1) is 45.3 Å². The number of fused-ring (bicyclic) bond motifs is 12. The number of hydrogen-bond acceptors (Lipinski definition) is 32. The van der Waals surface area contributed by atoms with Crippen molar-refractivity contribution in [3.8, 4) is 0 Å². The molecule has 32 nitrogen and oxygen atoms in total. The van der Waals surface area contributed by atoms with E-state index in [1.165, 1.54) is 67.6 Å². The number of piperidine rings is 2. The molecule has 20 N–H and O–H groups in total. The maximum atomic E-state index is 13.0. The van der Waals surface area contributed by atoms with Gasteiger partial charge < -0.3 is 106 Å². The second-order valence-electron chi connectivity index (χ2n) is 39.1. The van der Waals surface area contributed by atoms with E-state index in [4.69, 9.17) is 84.8 Å². The van der Waals surface area contributed by atoms with Crippen LogP contribution in [-0.4, -0.2) is 215 Å². The first-order chi connectivity index (χ1) is 64.7. The van der Waals surface area contributed by atoms with Gasteiger partial charge in [-0.3, -0.25) is 19.2 Å². The van der Waals surface area contributed by atoms with Gasteiger partial charge in [-0.2, -0.15) is 0 Å². The average molecular weight is 1890 g/mol. The number of thiophene rings is 4. The number of nitrogens with one attached hydrogen (secondary N) is 4. The Hall–Kier alpha value is -11.0. The minimum Gasteiger partial charge on any atom is -0.397 e. The lowest BCUT2D eigenvalue weighted by Crippen LogP contribution is -2.62. The fourth-order valence-electron chi connectivity index (χ4n) is 21.8. The van der Waals surface area contributed by atoms with Crippen LogP contribution in [0.3, 0.4) is 0 Å². The van der Waals surface area contributed by atoms with Crippen LogP contribution in [0.25, 0.3) is 40.9 Å². The maximum Gasteiger partial charge on any atom is 0.263 e. The minimum atomic E-state index is -0.119. The number of amides is 4. The number of nitrogens with two attached hydrogens (primary N) is 8. The summed E-state index contributed by atoms with van der Waals surface area (Å²) in [4.78, 5) is 105. The minimum absolute atomic E-state index is 0.0662. The van der Waals surface area contributed by atoms with Gasteiger partial charge in [0.2, 0.25) is 0 Å². The van der Waals surface area contributed by atoms with Crippen LogP contribution in [-0.2, 0) is 70.3 Å². The molecule has 12 aromatic heterocycles. The molecule has 36 heteroatoms. The van der Waals surface area contributed by atoms with Gasteiger partial charge in [0.25, 0.3) is 23.6 Å². The second kappa shape index (κ2) is 36.6. The fraction of sp³-hybridized carbons (Fsp3) is 0.469. The highest BCUT2D eigenvalue weighted by Gasteiger charge is 2.52. The molecule has 0 saturated carbocycles. The molecular formula is C98H116N24O8S4. The Kier molecular flexibility index (Phi) is 24.4. The first-order valence-corrected chi connectivity index (χ1v) is 50.2. The molecule has 4 aliphatic carbocycles. The van der Waals surface area contributed by atoms with E-state index in [2.05, 4.69) is 109 Å². The number of aryl methyl sites for hydroxylation is 8. The number of nitrogen functional groups attached to an aromatic ring is 4. The molecule has 0 radical (unpaired) electrons. The lowest BCUT2D eigenvalue weighted by atomic mass is 9.83. The Morgan fingerprint density at radius 1 is 0.343 bits per heavy atom. The second-order valence-corrected chi connectivity index (χ2v) is 43.1. The molecule has 8 aliphatic heterocycles. The lowest BCUT2D eigenvalue weighted by molar-refractivity contribution is -0.0188. The van der Waals surface area contributed by atoms with Crippen LogP contribution in [0, 0.1) is 51.4 Å². The van der Waals surface area contributed by atoms with Crippen molar-refractivity contribution in [2.45, 2.75) is 177 Å². The smallest absolute Gasteiger partial charge is 0.263 e. The van der Waals surface area contributed by atoms with Gasteiger partial charge >= 0.3 is 0 Å². The van der Waals surface area contributed by atoms with Crippen LogP contribution in [0.4, 0.5) is 46.0 Å². The number of carbonyl (C=O) groups is 4. The van der Waals surface area contributed by atoms with Crippen molar-refractivity contribution in [3.63, 3.8) is 0 Å². The number of hydrogen-bond donors (Lipinski definition) is 12.